The number of rotatable bonds is 5. The zero-order chi connectivity index (χ0) is 14.7. The predicted molar refractivity (Wildman–Crippen MR) is 81.4 cm³/mol. The van der Waals surface area contributed by atoms with Crippen molar-refractivity contribution in [2.24, 2.45) is 7.05 Å². The standard InChI is InChI=1S/C14H18BrN3O2/c1-16-12(13-10(15)8-17-18(13)2)9-6-5-7-11(19-3)14(9)20-4/h5-8,12,16H,1-4H3. The molecule has 1 N–H and O–H groups in total. The number of hydrogen-bond donors (Lipinski definition) is 1. The largest absolute Gasteiger partial charge is 0.493 e. The number of aryl methyl sites for hydroxylation is 1. The highest BCUT2D eigenvalue weighted by molar-refractivity contribution is 9.10. The summed E-state index contributed by atoms with van der Waals surface area (Å²) in [6.45, 7) is 0. The lowest BCUT2D eigenvalue weighted by molar-refractivity contribution is 0.348. The second-order valence-corrected chi connectivity index (χ2v) is 5.16. The summed E-state index contributed by atoms with van der Waals surface area (Å²) >= 11 is 3.54. The lowest BCUT2D eigenvalue weighted by Gasteiger charge is -2.21. The van der Waals surface area contributed by atoms with Gasteiger partial charge in [0.1, 0.15) is 0 Å². The maximum Gasteiger partial charge on any atom is 0.165 e. The summed E-state index contributed by atoms with van der Waals surface area (Å²) in [4.78, 5) is 0. The number of aromatic nitrogens is 2. The van der Waals surface area contributed by atoms with Gasteiger partial charge in [0.2, 0.25) is 0 Å². The molecule has 2 aromatic rings. The quantitative estimate of drug-likeness (QED) is 0.909. The monoisotopic (exact) mass is 339 g/mol. The molecule has 0 aliphatic carbocycles. The van der Waals surface area contributed by atoms with Crippen LogP contribution in [0.5, 0.6) is 11.5 Å². The average Bonchev–Trinajstić information content (AvgIpc) is 2.80. The Morgan fingerprint density at radius 2 is 2.05 bits per heavy atom. The molecule has 1 heterocycles. The van der Waals surface area contributed by atoms with Gasteiger partial charge in [0.15, 0.2) is 11.5 Å². The second kappa shape index (κ2) is 6.28. The number of para-hydroxylation sites is 1. The number of methoxy groups -OCH3 is 2. The maximum absolute atomic E-state index is 5.52. The van der Waals surface area contributed by atoms with Gasteiger partial charge in [-0.3, -0.25) is 4.68 Å². The van der Waals surface area contributed by atoms with Crippen LogP contribution in [-0.2, 0) is 7.05 Å². The normalized spacial score (nSPS) is 12.2. The summed E-state index contributed by atoms with van der Waals surface area (Å²) in [7, 11) is 7.10. The summed E-state index contributed by atoms with van der Waals surface area (Å²) in [5.74, 6) is 1.44. The van der Waals surface area contributed by atoms with Gasteiger partial charge < -0.3 is 14.8 Å². The van der Waals surface area contributed by atoms with Gasteiger partial charge >= 0.3 is 0 Å². The van der Waals surface area contributed by atoms with E-state index in [2.05, 4.69) is 26.3 Å². The molecular weight excluding hydrogens is 322 g/mol. The SMILES string of the molecule is CNC(c1cccc(OC)c1OC)c1c(Br)cnn1C. The van der Waals surface area contributed by atoms with Gasteiger partial charge in [0.05, 0.1) is 36.6 Å². The first-order chi connectivity index (χ1) is 9.63. The molecule has 1 unspecified atom stereocenters. The van der Waals surface area contributed by atoms with E-state index in [1.165, 1.54) is 0 Å². The number of nitrogens with zero attached hydrogens (tertiary/aromatic N) is 2. The fourth-order valence-corrected chi connectivity index (χ4v) is 2.90. The van der Waals surface area contributed by atoms with Gasteiger partial charge in [-0.1, -0.05) is 12.1 Å². The zero-order valence-electron chi connectivity index (χ0n) is 12.0. The molecule has 1 aromatic carbocycles. The van der Waals surface area contributed by atoms with Crippen LogP contribution < -0.4 is 14.8 Å². The molecule has 2 rings (SSSR count). The predicted octanol–water partition coefficient (Wildman–Crippen LogP) is 2.51. The van der Waals surface area contributed by atoms with Crippen molar-refractivity contribution < 1.29 is 9.47 Å². The first-order valence-corrected chi connectivity index (χ1v) is 6.98. The second-order valence-electron chi connectivity index (χ2n) is 4.31. The summed E-state index contributed by atoms with van der Waals surface area (Å²) < 4.78 is 13.7. The van der Waals surface area contributed by atoms with E-state index in [4.69, 9.17) is 9.47 Å². The highest BCUT2D eigenvalue weighted by Gasteiger charge is 2.24. The van der Waals surface area contributed by atoms with Crippen molar-refractivity contribution in [3.8, 4) is 11.5 Å². The third-order valence-electron chi connectivity index (χ3n) is 3.24. The Kier molecular flexibility index (Phi) is 4.67. The van der Waals surface area contributed by atoms with Crippen LogP contribution in [0, 0.1) is 0 Å². The van der Waals surface area contributed by atoms with Crippen molar-refractivity contribution in [1.82, 2.24) is 15.1 Å². The third-order valence-corrected chi connectivity index (χ3v) is 3.86. The van der Waals surface area contributed by atoms with Crippen molar-refractivity contribution in [3.63, 3.8) is 0 Å². The van der Waals surface area contributed by atoms with Crippen LogP contribution in [-0.4, -0.2) is 31.0 Å². The van der Waals surface area contributed by atoms with Gasteiger partial charge in [0.25, 0.3) is 0 Å². The molecule has 0 bridgehead atoms. The first kappa shape index (κ1) is 14.9. The highest BCUT2D eigenvalue weighted by atomic mass is 79.9. The van der Waals surface area contributed by atoms with Crippen LogP contribution >= 0.6 is 15.9 Å². The van der Waals surface area contributed by atoms with E-state index in [0.29, 0.717) is 5.75 Å². The minimum absolute atomic E-state index is 0.0538. The van der Waals surface area contributed by atoms with E-state index in [9.17, 15) is 0 Å². The van der Waals surface area contributed by atoms with Crippen molar-refractivity contribution in [1.29, 1.82) is 0 Å². The number of ether oxygens (including phenoxy) is 2. The van der Waals surface area contributed by atoms with E-state index in [-0.39, 0.29) is 6.04 Å². The molecule has 0 amide bonds. The fourth-order valence-electron chi connectivity index (χ4n) is 2.32. The van der Waals surface area contributed by atoms with E-state index < -0.39 is 0 Å². The topological polar surface area (TPSA) is 48.3 Å². The zero-order valence-corrected chi connectivity index (χ0v) is 13.6. The maximum atomic E-state index is 5.52. The summed E-state index contributed by atoms with van der Waals surface area (Å²) in [6.07, 6.45) is 1.78. The lowest BCUT2D eigenvalue weighted by atomic mass is 10.0. The molecule has 0 fully saturated rings. The molecule has 0 radical (unpaired) electrons. The van der Waals surface area contributed by atoms with E-state index in [1.54, 1.807) is 20.4 Å². The molecule has 0 spiro atoms. The Morgan fingerprint density at radius 3 is 2.55 bits per heavy atom. The number of nitrogens with one attached hydrogen (secondary N) is 1. The first-order valence-electron chi connectivity index (χ1n) is 6.19. The third kappa shape index (κ3) is 2.53. The van der Waals surface area contributed by atoms with Gasteiger partial charge in [-0.2, -0.15) is 5.10 Å². The molecule has 0 saturated heterocycles. The molecule has 108 valence electrons. The molecule has 1 atom stereocenters. The minimum atomic E-state index is -0.0538. The fraction of sp³-hybridized carbons (Fsp3) is 0.357. The Morgan fingerprint density at radius 1 is 1.30 bits per heavy atom. The number of hydrogen-bond acceptors (Lipinski definition) is 4. The lowest BCUT2D eigenvalue weighted by Crippen LogP contribution is -2.21. The van der Waals surface area contributed by atoms with Crippen molar-refractivity contribution in [3.05, 3.63) is 40.1 Å². The Bertz CT molecular complexity index is 579. The van der Waals surface area contributed by atoms with Crippen LogP contribution in [0.4, 0.5) is 0 Å². The van der Waals surface area contributed by atoms with Gasteiger partial charge in [0, 0.05) is 12.6 Å². The molecule has 0 aliphatic heterocycles. The van der Waals surface area contributed by atoms with E-state index in [1.807, 2.05) is 37.0 Å². The molecule has 6 heteroatoms. The van der Waals surface area contributed by atoms with Gasteiger partial charge in [-0.05, 0) is 29.0 Å². The number of halogens is 1. The number of benzene rings is 1. The van der Waals surface area contributed by atoms with Crippen LogP contribution in [0.1, 0.15) is 17.3 Å². The highest BCUT2D eigenvalue weighted by Crippen LogP contribution is 2.38. The molecule has 0 saturated carbocycles. The smallest absolute Gasteiger partial charge is 0.165 e. The van der Waals surface area contributed by atoms with Crippen molar-refractivity contribution in [2.75, 3.05) is 21.3 Å². The van der Waals surface area contributed by atoms with E-state index in [0.717, 1.165) is 21.5 Å². The summed E-state index contributed by atoms with van der Waals surface area (Å²) in [5.41, 5.74) is 2.03. The van der Waals surface area contributed by atoms with Crippen LogP contribution in [0.25, 0.3) is 0 Å². The van der Waals surface area contributed by atoms with Gasteiger partial charge in [-0.15, -0.1) is 0 Å². The molecule has 1 aromatic heterocycles. The van der Waals surface area contributed by atoms with Crippen molar-refractivity contribution >= 4 is 15.9 Å². The Labute approximate surface area is 127 Å². The van der Waals surface area contributed by atoms with Crippen LogP contribution in [0.15, 0.2) is 28.9 Å². The van der Waals surface area contributed by atoms with Crippen LogP contribution in [0.3, 0.4) is 0 Å². The average molecular weight is 340 g/mol. The van der Waals surface area contributed by atoms with Crippen LogP contribution in [0.2, 0.25) is 0 Å². The summed E-state index contributed by atoms with van der Waals surface area (Å²) in [5, 5.41) is 7.57. The molecule has 0 aliphatic rings. The summed E-state index contributed by atoms with van der Waals surface area (Å²) in [6, 6.07) is 5.79. The Hall–Kier alpha value is -1.53. The van der Waals surface area contributed by atoms with E-state index >= 15 is 0 Å². The molecule has 5 nitrogen and oxygen atoms in total. The van der Waals surface area contributed by atoms with Crippen molar-refractivity contribution in [2.45, 2.75) is 6.04 Å². The molecule has 20 heavy (non-hydrogen) atoms. The Balaban J connectivity index is 2.58. The van der Waals surface area contributed by atoms with Gasteiger partial charge in [-0.25, -0.2) is 0 Å². The molecular formula is C14H18BrN3O2. The minimum Gasteiger partial charge on any atom is -0.493 e.